The molecule has 0 atom stereocenters. The van der Waals surface area contributed by atoms with Crippen molar-refractivity contribution in [2.75, 3.05) is 36.4 Å². The number of anilines is 4. The largest absolute Gasteiger partial charge is 0.491 e. The van der Waals surface area contributed by atoms with Crippen LogP contribution in [-0.2, 0) is 11.2 Å². The first-order valence-electron chi connectivity index (χ1n) is 13.1. The summed E-state index contributed by atoms with van der Waals surface area (Å²) in [5.41, 5.74) is 8.62. The number of aromatic nitrogens is 3. The van der Waals surface area contributed by atoms with Crippen LogP contribution in [0.2, 0.25) is 0 Å². The van der Waals surface area contributed by atoms with Crippen LogP contribution >= 0.6 is 0 Å². The molecule has 1 aliphatic heterocycles. The van der Waals surface area contributed by atoms with Crippen molar-refractivity contribution in [2.45, 2.75) is 6.42 Å². The van der Waals surface area contributed by atoms with Crippen molar-refractivity contribution in [2.24, 2.45) is 5.10 Å². The van der Waals surface area contributed by atoms with E-state index in [-0.39, 0.29) is 5.91 Å². The van der Waals surface area contributed by atoms with Gasteiger partial charge in [0.15, 0.2) is 5.82 Å². The van der Waals surface area contributed by atoms with Crippen LogP contribution in [0.25, 0.3) is 22.3 Å². The third-order valence-electron chi connectivity index (χ3n) is 6.48. The van der Waals surface area contributed by atoms with Crippen molar-refractivity contribution in [3.8, 4) is 17.1 Å². The fourth-order valence-corrected chi connectivity index (χ4v) is 4.45. The zero-order valence-corrected chi connectivity index (χ0v) is 22.3. The number of nitrogens with zero attached hydrogens (tertiary/aromatic N) is 4. The number of benzene rings is 3. The minimum absolute atomic E-state index is 0.245. The second-order valence-electron chi connectivity index (χ2n) is 9.32. The molecule has 3 aromatic carbocycles. The Labute approximate surface area is 236 Å². The van der Waals surface area contributed by atoms with Gasteiger partial charge in [-0.3, -0.25) is 15.2 Å². The number of amides is 1. The van der Waals surface area contributed by atoms with Crippen molar-refractivity contribution in [3.63, 3.8) is 0 Å². The van der Waals surface area contributed by atoms with Crippen LogP contribution < -0.4 is 20.8 Å². The molecule has 6 rings (SSSR count). The summed E-state index contributed by atoms with van der Waals surface area (Å²) in [5, 5.41) is 11.4. The van der Waals surface area contributed by atoms with Gasteiger partial charge < -0.3 is 20.1 Å². The van der Waals surface area contributed by atoms with Gasteiger partial charge in [-0.1, -0.05) is 12.1 Å². The maximum Gasteiger partial charge on any atom is 0.257 e. The molecule has 3 N–H and O–H groups in total. The van der Waals surface area contributed by atoms with Crippen molar-refractivity contribution in [1.29, 1.82) is 0 Å². The summed E-state index contributed by atoms with van der Waals surface area (Å²) >= 11 is 0. The van der Waals surface area contributed by atoms with Gasteiger partial charge in [0, 0.05) is 54.5 Å². The lowest BCUT2D eigenvalue weighted by molar-refractivity contribution is 0.102. The Kier molecular flexibility index (Phi) is 7.46. The first kappa shape index (κ1) is 25.9. The number of methoxy groups -OCH3 is 1. The Morgan fingerprint density at radius 3 is 2.80 bits per heavy atom. The standard InChI is InChI=1S/C31H27N7O3/c1-40-14-15-41-25-8-10-28-26(18-25)30(34-24-7-9-27-20(16-24)11-13-33-38-27)37-29(36-28)21-4-2-6-23(17-21)35-31(39)22-5-3-12-32-19-22/h2-10,12-13,16-19,38H,11,14-15H2,1H3,(H,35,39)(H,34,36,37). The average Bonchev–Trinajstić information content (AvgIpc) is 3.02. The van der Waals surface area contributed by atoms with Crippen LogP contribution in [0.3, 0.4) is 0 Å². The summed E-state index contributed by atoms with van der Waals surface area (Å²) in [7, 11) is 1.64. The monoisotopic (exact) mass is 545 g/mol. The predicted molar refractivity (Wildman–Crippen MR) is 160 cm³/mol. The van der Waals surface area contributed by atoms with E-state index in [1.54, 1.807) is 25.4 Å². The van der Waals surface area contributed by atoms with E-state index in [1.165, 1.54) is 6.20 Å². The van der Waals surface area contributed by atoms with Crippen molar-refractivity contribution in [1.82, 2.24) is 15.0 Å². The maximum absolute atomic E-state index is 12.7. The minimum Gasteiger partial charge on any atom is -0.491 e. The lowest BCUT2D eigenvalue weighted by Gasteiger charge is -2.16. The van der Waals surface area contributed by atoms with Gasteiger partial charge in [0.1, 0.15) is 18.2 Å². The Bertz CT molecular complexity index is 1740. The number of pyridine rings is 1. The Balaban J connectivity index is 1.36. The normalized spacial score (nSPS) is 11.9. The summed E-state index contributed by atoms with van der Waals surface area (Å²) < 4.78 is 11.0. The zero-order chi connectivity index (χ0) is 28.0. The molecule has 1 aliphatic rings. The summed E-state index contributed by atoms with van der Waals surface area (Å²) in [6.45, 7) is 0.916. The van der Waals surface area contributed by atoms with Crippen LogP contribution in [0, 0.1) is 0 Å². The van der Waals surface area contributed by atoms with Crippen LogP contribution in [0.1, 0.15) is 15.9 Å². The summed E-state index contributed by atoms with van der Waals surface area (Å²) in [6.07, 6.45) is 5.74. The number of ether oxygens (including phenoxy) is 2. The van der Waals surface area contributed by atoms with Crippen LogP contribution in [0.4, 0.5) is 22.9 Å². The van der Waals surface area contributed by atoms with Gasteiger partial charge in [0.05, 0.1) is 23.4 Å². The van der Waals surface area contributed by atoms with Gasteiger partial charge in [-0.2, -0.15) is 5.10 Å². The molecule has 3 heterocycles. The van der Waals surface area contributed by atoms with Gasteiger partial charge in [0.25, 0.3) is 5.91 Å². The number of fused-ring (bicyclic) bond motifs is 2. The van der Waals surface area contributed by atoms with E-state index in [1.807, 2.05) is 60.8 Å². The topological polar surface area (TPSA) is 123 Å². The highest BCUT2D eigenvalue weighted by Crippen LogP contribution is 2.32. The van der Waals surface area contributed by atoms with Crippen molar-refractivity contribution >= 4 is 45.9 Å². The minimum atomic E-state index is -0.245. The second kappa shape index (κ2) is 11.8. The number of hydrogen-bond acceptors (Lipinski definition) is 9. The van der Waals surface area contributed by atoms with Crippen LogP contribution in [0.5, 0.6) is 5.75 Å². The highest BCUT2D eigenvalue weighted by Gasteiger charge is 2.14. The summed E-state index contributed by atoms with van der Waals surface area (Å²) in [4.78, 5) is 26.5. The highest BCUT2D eigenvalue weighted by molar-refractivity contribution is 6.04. The number of rotatable bonds is 9. The molecule has 1 amide bonds. The van der Waals surface area contributed by atoms with Crippen LogP contribution in [0.15, 0.2) is 90.3 Å². The first-order chi connectivity index (χ1) is 20.2. The molecule has 2 aromatic heterocycles. The molecule has 0 aliphatic carbocycles. The number of carbonyl (C=O) groups excluding carboxylic acids is 1. The smallest absolute Gasteiger partial charge is 0.257 e. The first-order valence-corrected chi connectivity index (χ1v) is 13.1. The van der Waals surface area contributed by atoms with E-state index >= 15 is 0 Å². The molecule has 0 fully saturated rings. The van der Waals surface area contributed by atoms with E-state index in [4.69, 9.17) is 19.4 Å². The predicted octanol–water partition coefficient (Wildman–Crippen LogP) is 5.67. The van der Waals surface area contributed by atoms with E-state index in [0.29, 0.717) is 41.9 Å². The van der Waals surface area contributed by atoms with Crippen molar-refractivity contribution in [3.05, 3.63) is 96.3 Å². The number of nitrogens with one attached hydrogen (secondary N) is 3. The molecule has 0 saturated heterocycles. The summed E-state index contributed by atoms with van der Waals surface area (Å²) in [5.74, 6) is 1.59. The molecule has 0 radical (unpaired) electrons. The number of hydrogen-bond donors (Lipinski definition) is 3. The summed E-state index contributed by atoms with van der Waals surface area (Å²) in [6, 6.07) is 22.7. The fraction of sp³-hybridized carbons (Fsp3) is 0.129. The molecule has 10 heteroatoms. The van der Waals surface area contributed by atoms with Crippen molar-refractivity contribution < 1.29 is 14.3 Å². The molecule has 10 nitrogen and oxygen atoms in total. The molecule has 41 heavy (non-hydrogen) atoms. The Morgan fingerprint density at radius 2 is 1.93 bits per heavy atom. The second-order valence-corrected chi connectivity index (χ2v) is 9.32. The Morgan fingerprint density at radius 1 is 0.976 bits per heavy atom. The van der Waals surface area contributed by atoms with Gasteiger partial charge in [-0.25, -0.2) is 9.97 Å². The van der Waals surface area contributed by atoms with Gasteiger partial charge in [-0.15, -0.1) is 0 Å². The maximum atomic E-state index is 12.7. The number of carbonyl (C=O) groups is 1. The molecule has 0 saturated carbocycles. The fourth-order valence-electron chi connectivity index (χ4n) is 4.45. The lowest BCUT2D eigenvalue weighted by Crippen LogP contribution is -2.12. The quantitative estimate of drug-likeness (QED) is 0.203. The molecule has 0 bridgehead atoms. The van der Waals surface area contributed by atoms with E-state index in [9.17, 15) is 4.79 Å². The van der Waals surface area contributed by atoms with Gasteiger partial charge in [-0.05, 0) is 66.2 Å². The SMILES string of the molecule is COCCOc1ccc2nc(-c3cccc(NC(=O)c4cccnc4)c3)nc(Nc3ccc4c(c3)CC=NN4)c2c1. The highest BCUT2D eigenvalue weighted by atomic mass is 16.5. The number of hydrazone groups is 1. The lowest BCUT2D eigenvalue weighted by atomic mass is 10.1. The third-order valence-corrected chi connectivity index (χ3v) is 6.48. The Hall–Kier alpha value is -5.35. The molecular weight excluding hydrogens is 518 g/mol. The molecule has 5 aromatic rings. The molecular formula is C31H27N7O3. The van der Waals surface area contributed by atoms with Gasteiger partial charge >= 0.3 is 0 Å². The third kappa shape index (κ3) is 5.97. The molecule has 0 spiro atoms. The van der Waals surface area contributed by atoms with Gasteiger partial charge in [0.2, 0.25) is 0 Å². The van der Waals surface area contributed by atoms with E-state index in [2.05, 4.69) is 32.2 Å². The zero-order valence-electron chi connectivity index (χ0n) is 22.3. The van der Waals surface area contributed by atoms with E-state index in [0.717, 1.165) is 39.8 Å². The van der Waals surface area contributed by atoms with E-state index < -0.39 is 0 Å². The molecule has 204 valence electrons. The average molecular weight is 546 g/mol. The molecule has 0 unspecified atom stereocenters. The van der Waals surface area contributed by atoms with Crippen LogP contribution in [-0.4, -0.2) is 47.4 Å².